The Kier molecular flexibility index (Phi) is 4.71. The van der Waals surface area contributed by atoms with Crippen molar-refractivity contribution in [1.82, 2.24) is 15.1 Å². The smallest absolute Gasteiger partial charge is 0.317 e. The number of amides is 3. The van der Waals surface area contributed by atoms with Gasteiger partial charge in [0.2, 0.25) is 0 Å². The zero-order chi connectivity index (χ0) is 18.8. The minimum atomic E-state index is -0.0682. The predicted molar refractivity (Wildman–Crippen MR) is 102 cm³/mol. The molecule has 0 radical (unpaired) electrons. The summed E-state index contributed by atoms with van der Waals surface area (Å²) in [6, 6.07) is 16.7. The fourth-order valence-electron chi connectivity index (χ4n) is 3.57. The van der Waals surface area contributed by atoms with E-state index in [0.29, 0.717) is 37.7 Å². The molecule has 1 aliphatic carbocycles. The van der Waals surface area contributed by atoms with Gasteiger partial charge in [0.1, 0.15) is 5.75 Å². The molecule has 6 nitrogen and oxygen atoms in total. The second kappa shape index (κ2) is 7.31. The van der Waals surface area contributed by atoms with E-state index in [-0.39, 0.29) is 23.7 Å². The molecule has 1 saturated carbocycles. The Balaban J connectivity index is 1.26. The number of hydrogen-bond acceptors (Lipinski definition) is 3. The molecule has 27 heavy (non-hydrogen) atoms. The Labute approximate surface area is 158 Å². The van der Waals surface area contributed by atoms with Crippen molar-refractivity contribution in [3.8, 4) is 5.75 Å². The molecule has 0 bridgehead atoms. The average Bonchev–Trinajstić information content (AvgIpc) is 3.48. The number of piperazine rings is 1. The number of carbonyl (C=O) groups excluding carboxylic acids is 2. The van der Waals surface area contributed by atoms with E-state index < -0.39 is 0 Å². The minimum absolute atomic E-state index is 0.0461. The van der Waals surface area contributed by atoms with Crippen LogP contribution in [-0.4, -0.2) is 59.1 Å². The highest BCUT2D eigenvalue weighted by atomic mass is 16.3. The lowest BCUT2D eigenvalue weighted by Gasteiger charge is -2.34. The molecule has 0 unspecified atom stereocenters. The number of urea groups is 1. The van der Waals surface area contributed by atoms with Crippen molar-refractivity contribution < 1.29 is 14.7 Å². The van der Waals surface area contributed by atoms with Crippen LogP contribution in [0, 0.1) is 0 Å². The SMILES string of the molecule is O=C(N[C@H]1C[C@H]1c1ccccc1)N1CCN(C(=O)c2ccc(O)cc2)CC1. The maximum absolute atomic E-state index is 12.5. The molecule has 2 N–H and O–H groups in total. The fraction of sp³-hybridized carbons (Fsp3) is 0.333. The lowest BCUT2D eigenvalue weighted by molar-refractivity contribution is 0.0664. The van der Waals surface area contributed by atoms with Gasteiger partial charge in [-0.2, -0.15) is 0 Å². The molecule has 2 aliphatic rings. The van der Waals surface area contributed by atoms with Crippen molar-refractivity contribution in [1.29, 1.82) is 0 Å². The van der Waals surface area contributed by atoms with Gasteiger partial charge in [0.15, 0.2) is 0 Å². The molecule has 2 aromatic carbocycles. The van der Waals surface area contributed by atoms with E-state index in [4.69, 9.17) is 0 Å². The van der Waals surface area contributed by atoms with Gasteiger partial charge in [0.25, 0.3) is 5.91 Å². The zero-order valence-corrected chi connectivity index (χ0v) is 15.0. The van der Waals surface area contributed by atoms with Gasteiger partial charge in [-0.25, -0.2) is 4.79 Å². The molecule has 1 heterocycles. The summed E-state index contributed by atoms with van der Waals surface area (Å²) in [7, 11) is 0. The summed E-state index contributed by atoms with van der Waals surface area (Å²) in [6.07, 6.45) is 0.981. The van der Waals surface area contributed by atoms with Crippen LogP contribution in [0.2, 0.25) is 0 Å². The van der Waals surface area contributed by atoms with Crippen LogP contribution in [0.1, 0.15) is 28.3 Å². The van der Waals surface area contributed by atoms with Crippen molar-refractivity contribution in [3.05, 3.63) is 65.7 Å². The number of hydrogen-bond donors (Lipinski definition) is 2. The van der Waals surface area contributed by atoms with E-state index in [9.17, 15) is 14.7 Å². The Bertz CT molecular complexity index is 814. The van der Waals surface area contributed by atoms with Crippen LogP contribution in [0.4, 0.5) is 4.79 Å². The first-order chi connectivity index (χ1) is 13.1. The maximum Gasteiger partial charge on any atom is 0.317 e. The van der Waals surface area contributed by atoms with Crippen molar-refractivity contribution in [2.45, 2.75) is 18.4 Å². The van der Waals surface area contributed by atoms with Crippen molar-refractivity contribution in [3.63, 3.8) is 0 Å². The quantitative estimate of drug-likeness (QED) is 0.877. The summed E-state index contributed by atoms with van der Waals surface area (Å²) in [5.74, 6) is 0.482. The highest BCUT2D eigenvalue weighted by molar-refractivity contribution is 5.94. The number of nitrogens with zero attached hydrogens (tertiary/aromatic N) is 2. The number of aromatic hydroxyl groups is 1. The Hall–Kier alpha value is -3.02. The molecule has 140 valence electrons. The molecule has 3 amide bonds. The normalized spacial score (nSPS) is 21.6. The molecular formula is C21H23N3O3. The van der Waals surface area contributed by atoms with Gasteiger partial charge in [0, 0.05) is 43.7 Å². The van der Waals surface area contributed by atoms with Crippen molar-refractivity contribution in [2.24, 2.45) is 0 Å². The van der Waals surface area contributed by atoms with Crippen LogP contribution in [0.15, 0.2) is 54.6 Å². The number of benzene rings is 2. The largest absolute Gasteiger partial charge is 0.508 e. The summed E-state index contributed by atoms with van der Waals surface area (Å²) in [5, 5.41) is 12.4. The topological polar surface area (TPSA) is 72.9 Å². The first-order valence-corrected chi connectivity index (χ1v) is 9.30. The van der Waals surface area contributed by atoms with Gasteiger partial charge in [-0.3, -0.25) is 4.79 Å². The molecular weight excluding hydrogens is 342 g/mol. The van der Waals surface area contributed by atoms with Crippen molar-refractivity contribution >= 4 is 11.9 Å². The summed E-state index contributed by atoms with van der Waals surface area (Å²) < 4.78 is 0. The summed E-state index contributed by atoms with van der Waals surface area (Å²) in [4.78, 5) is 28.5. The van der Waals surface area contributed by atoms with Crippen LogP contribution < -0.4 is 5.32 Å². The van der Waals surface area contributed by atoms with Crippen LogP contribution in [0.5, 0.6) is 5.75 Å². The second-order valence-corrected chi connectivity index (χ2v) is 7.13. The van der Waals surface area contributed by atoms with Crippen LogP contribution in [-0.2, 0) is 0 Å². The van der Waals surface area contributed by atoms with Gasteiger partial charge in [-0.1, -0.05) is 30.3 Å². The Morgan fingerprint density at radius 1 is 0.889 bits per heavy atom. The van der Waals surface area contributed by atoms with Crippen LogP contribution in [0.3, 0.4) is 0 Å². The lowest BCUT2D eigenvalue weighted by atomic mass is 10.1. The maximum atomic E-state index is 12.5. The van der Waals surface area contributed by atoms with Gasteiger partial charge in [-0.05, 0) is 36.2 Å². The van der Waals surface area contributed by atoms with Gasteiger partial charge < -0.3 is 20.2 Å². The predicted octanol–water partition coefficient (Wildman–Crippen LogP) is 2.42. The van der Waals surface area contributed by atoms with E-state index in [1.807, 2.05) is 18.2 Å². The molecule has 2 atom stereocenters. The lowest BCUT2D eigenvalue weighted by Crippen LogP contribution is -2.53. The van der Waals surface area contributed by atoms with Gasteiger partial charge in [0.05, 0.1) is 0 Å². The second-order valence-electron chi connectivity index (χ2n) is 7.13. The van der Waals surface area contributed by atoms with E-state index >= 15 is 0 Å². The number of carbonyl (C=O) groups is 2. The summed E-state index contributed by atoms with van der Waals surface area (Å²) >= 11 is 0. The number of rotatable bonds is 3. The van der Waals surface area contributed by atoms with Crippen molar-refractivity contribution in [2.75, 3.05) is 26.2 Å². The third-order valence-corrected chi connectivity index (χ3v) is 5.30. The first kappa shape index (κ1) is 17.4. The molecule has 6 heteroatoms. The molecule has 0 spiro atoms. The molecule has 4 rings (SSSR count). The Morgan fingerprint density at radius 3 is 2.19 bits per heavy atom. The monoisotopic (exact) mass is 365 g/mol. The molecule has 1 aliphatic heterocycles. The highest BCUT2D eigenvalue weighted by Gasteiger charge is 2.40. The molecule has 0 aromatic heterocycles. The molecule has 2 aromatic rings. The first-order valence-electron chi connectivity index (χ1n) is 9.30. The summed E-state index contributed by atoms with van der Waals surface area (Å²) in [5.41, 5.74) is 1.82. The van der Waals surface area contributed by atoms with E-state index in [0.717, 1.165) is 6.42 Å². The summed E-state index contributed by atoms with van der Waals surface area (Å²) in [6.45, 7) is 2.08. The van der Waals surface area contributed by atoms with Crippen LogP contribution >= 0.6 is 0 Å². The van der Waals surface area contributed by atoms with Gasteiger partial charge >= 0.3 is 6.03 Å². The number of nitrogens with one attached hydrogen (secondary N) is 1. The van der Waals surface area contributed by atoms with Gasteiger partial charge in [-0.15, -0.1) is 0 Å². The fourth-order valence-corrected chi connectivity index (χ4v) is 3.57. The third kappa shape index (κ3) is 3.89. The number of phenols is 1. The molecule has 1 saturated heterocycles. The highest BCUT2D eigenvalue weighted by Crippen LogP contribution is 2.40. The number of phenolic OH excluding ortho intramolecular Hbond substituents is 1. The van der Waals surface area contributed by atoms with E-state index in [1.54, 1.807) is 21.9 Å². The minimum Gasteiger partial charge on any atom is -0.508 e. The standard InChI is InChI=1S/C21H23N3O3/c25-17-8-6-16(7-9-17)20(26)23-10-12-24(13-11-23)21(27)22-19-14-18(19)15-4-2-1-3-5-15/h1-9,18-19,25H,10-14H2,(H,22,27)/t18-,19-/m0/s1. The van der Waals surface area contributed by atoms with E-state index in [1.165, 1.54) is 17.7 Å². The van der Waals surface area contributed by atoms with E-state index in [2.05, 4.69) is 17.4 Å². The van der Waals surface area contributed by atoms with Crippen LogP contribution in [0.25, 0.3) is 0 Å². The Morgan fingerprint density at radius 2 is 1.52 bits per heavy atom. The third-order valence-electron chi connectivity index (χ3n) is 5.30. The average molecular weight is 365 g/mol. The molecule has 2 fully saturated rings. The zero-order valence-electron chi connectivity index (χ0n) is 15.0.